The van der Waals surface area contributed by atoms with Crippen LogP contribution in [-0.2, 0) is 4.79 Å². The van der Waals surface area contributed by atoms with E-state index in [1.54, 1.807) is 0 Å². The average molecular weight is 389 g/mol. The van der Waals surface area contributed by atoms with Gasteiger partial charge in [-0.25, -0.2) is 9.97 Å². The molecule has 1 aromatic heterocycles. The van der Waals surface area contributed by atoms with Gasteiger partial charge in [0, 0.05) is 24.0 Å². The fourth-order valence-corrected chi connectivity index (χ4v) is 3.24. The van der Waals surface area contributed by atoms with E-state index in [-0.39, 0.29) is 6.42 Å². The quantitative estimate of drug-likeness (QED) is 0.507. The van der Waals surface area contributed by atoms with Gasteiger partial charge in [-0.3, -0.25) is 4.79 Å². The van der Waals surface area contributed by atoms with Crippen molar-refractivity contribution >= 4 is 22.7 Å². The molecule has 3 aromatic rings. The van der Waals surface area contributed by atoms with E-state index in [0.29, 0.717) is 18.9 Å². The van der Waals surface area contributed by atoms with Crippen molar-refractivity contribution in [2.75, 3.05) is 18.0 Å². The Morgan fingerprint density at radius 1 is 1.07 bits per heavy atom. The van der Waals surface area contributed by atoms with Crippen molar-refractivity contribution in [1.29, 1.82) is 0 Å². The Kier molecular flexibility index (Phi) is 6.60. The molecule has 0 fully saturated rings. The van der Waals surface area contributed by atoms with E-state index in [1.165, 1.54) is 0 Å². The van der Waals surface area contributed by atoms with E-state index in [0.717, 1.165) is 46.3 Å². The first-order chi connectivity index (χ1) is 14.0. The summed E-state index contributed by atoms with van der Waals surface area (Å²) in [6.45, 7) is 9.29. The second kappa shape index (κ2) is 9.32. The van der Waals surface area contributed by atoms with Gasteiger partial charge in [-0.2, -0.15) is 0 Å². The van der Waals surface area contributed by atoms with Crippen LogP contribution < -0.4 is 4.90 Å². The first-order valence-electron chi connectivity index (χ1n) is 9.95. The maximum atomic E-state index is 11.2. The molecule has 5 nitrogen and oxygen atoms in total. The number of carboxylic acids is 1. The number of nitrogens with zero attached hydrogens (tertiary/aromatic N) is 3. The van der Waals surface area contributed by atoms with Crippen molar-refractivity contribution in [3.8, 4) is 11.4 Å². The lowest BCUT2D eigenvalue weighted by Gasteiger charge is -2.25. The monoisotopic (exact) mass is 389 g/mol. The van der Waals surface area contributed by atoms with Crippen molar-refractivity contribution in [2.24, 2.45) is 0 Å². The lowest BCUT2D eigenvalue weighted by Crippen LogP contribution is -2.29. The summed E-state index contributed by atoms with van der Waals surface area (Å²) < 4.78 is 0. The predicted molar refractivity (Wildman–Crippen MR) is 118 cm³/mol. The average Bonchev–Trinajstić information content (AvgIpc) is 2.72. The van der Waals surface area contributed by atoms with E-state index in [4.69, 9.17) is 9.97 Å². The Balaban J connectivity index is 2.09. The number of hydrogen-bond donors (Lipinski definition) is 1. The highest BCUT2D eigenvalue weighted by atomic mass is 16.4. The number of carboxylic acid groups (broad SMARTS) is 1. The lowest BCUT2D eigenvalue weighted by atomic mass is 10.1. The standard InChI is InChI=1S/C24H27N3O2/c1-4-17(2)12-14-27(15-13-22(28)29)24-20-10-5-6-11-21(20)25-23(26-24)19-9-7-8-18(3)16-19/h5-11,16H,2,4,12-15H2,1,3H3,(H,28,29). The molecule has 29 heavy (non-hydrogen) atoms. The van der Waals surface area contributed by atoms with E-state index in [2.05, 4.69) is 24.5 Å². The van der Waals surface area contributed by atoms with E-state index in [1.807, 2.05) is 49.4 Å². The number of benzene rings is 2. The highest BCUT2D eigenvalue weighted by molar-refractivity contribution is 5.91. The summed E-state index contributed by atoms with van der Waals surface area (Å²) in [6.07, 6.45) is 1.76. The van der Waals surface area contributed by atoms with Gasteiger partial charge in [-0.05, 0) is 38.0 Å². The minimum absolute atomic E-state index is 0.0523. The second-order valence-corrected chi connectivity index (χ2v) is 7.24. The SMILES string of the molecule is C=C(CC)CCN(CCC(=O)O)c1nc(-c2cccc(C)c2)nc2ccccc12. The third-order valence-corrected chi connectivity index (χ3v) is 4.99. The van der Waals surface area contributed by atoms with Crippen molar-refractivity contribution in [3.63, 3.8) is 0 Å². The smallest absolute Gasteiger partial charge is 0.305 e. The molecule has 0 aliphatic carbocycles. The summed E-state index contributed by atoms with van der Waals surface area (Å²) in [6, 6.07) is 16.0. The minimum Gasteiger partial charge on any atom is -0.481 e. The maximum absolute atomic E-state index is 11.2. The Morgan fingerprint density at radius 2 is 1.83 bits per heavy atom. The molecule has 0 aliphatic heterocycles. The van der Waals surface area contributed by atoms with Crippen LogP contribution in [0.15, 0.2) is 60.7 Å². The van der Waals surface area contributed by atoms with Gasteiger partial charge in [0.25, 0.3) is 0 Å². The normalized spacial score (nSPS) is 10.8. The third-order valence-electron chi connectivity index (χ3n) is 4.99. The molecule has 0 aliphatic rings. The molecule has 0 saturated carbocycles. The molecule has 0 unspecified atom stereocenters. The van der Waals surface area contributed by atoms with Gasteiger partial charge in [0.15, 0.2) is 5.82 Å². The van der Waals surface area contributed by atoms with E-state index < -0.39 is 5.97 Å². The number of anilines is 1. The number of carbonyl (C=O) groups is 1. The molecular formula is C24H27N3O2. The van der Waals surface area contributed by atoms with Crippen LogP contribution in [0.2, 0.25) is 0 Å². The van der Waals surface area contributed by atoms with Crippen LogP contribution in [0.1, 0.15) is 31.7 Å². The van der Waals surface area contributed by atoms with Gasteiger partial charge < -0.3 is 10.0 Å². The predicted octanol–water partition coefficient (Wildman–Crippen LogP) is 5.24. The molecule has 2 aromatic carbocycles. The molecule has 3 rings (SSSR count). The lowest BCUT2D eigenvalue weighted by molar-refractivity contribution is -0.136. The molecule has 0 spiro atoms. The first kappa shape index (κ1) is 20.5. The van der Waals surface area contributed by atoms with Crippen LogP contribution in [0.5, 0.6) is 0 Å². The number of hydrogen-bond acceptors (Lipinski definition) is 4. The zero-order valence-electron chi connectivity index (χ0n) is 17.1. The van der Waals surface area contributed by atoms with Gasteiger partial charge in [0.1, 0.15) is 5.82 Å². The van der Waals surface area contributed by atoms with Gasteiger partial charge in [0.2, 0.25) is 0 Å². The Bertz CT molecular complexity index is 1030. The fraction of sp³-hybridized carbons (Fsp3) is 0.292. The van der Waals surface area contributed by atoms with Gasteiger partial charge >= 0.3 is 5.97 Å². The number of aryl methyl sites for hydroxylation is 1. The Hall–Kier alpha value is -3.21. The zero-order chi connectivity index (χ0) is 20.8. The molecule has 0 saturated heterocycles. The molecule has 0 atom stereocenters. The summed E-state index contributed by atoms with van der Waals surface area (Å²) in [4.78, 5) is 22.9. The minimum atomic E-state index is -0.818. The first-order valence-corrected chi connectivity index (χ1v) is 9.95. The van der Waals surface area contributed by atoms with Gasteiger partial charge in [0.05, 0.1) is 11.9 Å². The van der Waals surface area contributed by atoms with E-state index in [9.17, 15) is 9.90 Å². The van der Waals surface area contributed by atoms with Gasteiger partial charge in [-0.15, -0.1) is 0 Å². The van der Waals surface area contributed by atoms with Crippen molar-refractivity contribution in [2.45, 2.75) is 33.1 Å². The Morgan fingerprint density at radius 3 is 2.55 bits per heavy atom. The van der Waals surface area contributed by atoms with E-state index >= 15 is 0 Å². The molecule has 0 amide bonds. The van der Waals surface area contributed by atoms with Crippen molar-refractivity contribution in [1.82, 2.24) is 9.97 Å². The largest absolute Gasteiger partial charge is 0.481 e. The summed E-state index contributed by atoms with van der Waals surface area (Å²) in [5.41, 5.74) is 4.09. The summed E-state index contributed by atoms with van der Waals surface area (Å²) in [5, 5.41) is 10.2. The number of para-hydroxylation sites is 1. The summed E-state index contributed by atoms with van der Waals surface area (Å²) >= 11 is 0. The van der Waals surface area contributed by atoms with Crippen LogP contribution in [0.3, 0.4) is 0 Å². The second-order valence-electron chi connectivity index (χ2n) is 7.24. The third kappa shape index (κ3) is 5.19. The van der Waals surface area contributed by atoms with Gasteiger partial charge in [-0.1, -0.05) is 55.0 Å². The summed E-state index contributed by atoms with van der Waals surface area (Å²) in [7, 11) is 0. The number of rotatable bonds is 9. The fourth-order valence-electron chi connectivity index (χ4n) is 3.24. The molecule has 0 bridgehead atoms. The Labute approximate surface area is 171 Å². The van der Waals surface area contributed by atoms with Crippen LogP contribution in [0, 0.1) is 6.92 Å². The topological polar surface area (TPSA) is 66.3 Å². The summed E-state index contributed by atoms with van der Waals surface area (Å²) in [5.74, 6) is 0.607. The molecule has 0 radical (unpaired) electrons. The number of fused-ring (bicyclic) bond motifs is 1. The zero-order valence-corrected chi connectivity index (χ0v) is 17.1. The van der Waals surface area contributed by atoms with Crippen LogP contribution in [0.25, 0.3) is 22.3 Å². The molecule has 5 heteroatoms. The number of aliphatic carboxylic acids is 1. The number of aromatic nitrogens is 2. The molecular weight excluding hydrogens is 362 g/mol. The molecule has 1 heterocycles. The highest BCUT2D eigenvalue weighted by Crippen LogP contribution is 2.28. The molecule has 1 N–H and O–H groups in total. The van der Waals surface area contributed by atoms with Crippen molar-refractivity contribution < 1.29 is 9.90 Å². The molecule has 150 valence electrons. The van der Waals surface area contributed by atoms with Crippen LogP contribution >= 0.6 is 0 Å². The van der Waals surface area contributed by atoms with Crippen molar-refractivity contribution in [3.05, 3.63) is 66.2 Å². The van der Waals surface area contributed by atoms with Crippen LogP contribution in [0.4, 0.5) is 5.82 Å². The maximum Gasteiger partial charge on any atom is 0.305 e. The highest BCUT2D eigenvalue weighted by Gasteiger charge is 2.17. The van der Waals surface area contributed by atoms with Crippen LogP contribution in [-0.4, -0.2) is 34.1 Å².